The first-order valence-corrected chi connectivity index (χ1v) is 5.67. The monoisotopic (exact) mass is 233 g/mol. The number of aliphatic carboxylic acids is 1. The van der Waals surface area contributed by atoms with Gasteiger partial charge in [-0.15, -0.1) is 0 Å². The standard InChI is InChI=1S/C13H15NO3/c1-9-7-11(13(16)17)12(15)14(9)8-10-5-3-2-4-6-10/h2-6,9,11H,7-8H2,1H3,(H,16,17)/t9-,11+/m0/s1. The molecule has 0 radical (unpaired) electrons. The molecule has 1 heterocycles. The molecule has 1 aliphatic heterocycles. The summed E-state index contributed by atoms with van der Waals surface area (Å²) in [6, 6.07) is 9.61. The van der Waals surface area contributed by atoms with Gasteiger partial charge in [0.25, 0.3) is 0 Å². The number of hydrogen-bond donors (Lipinski definition) is 1. The van der Waals surface area contributed by atoms with Crippen LogP contribution in [0.2, 0.25) is 0 Å². The third-order valence-electron chi connectivity index (χ3n) is 3.18. The van der Waals surface area contributed by atoms with Gasteiger partial charge in [0.2, 0.25) is 5.91 Å². The number of carboxylic acids is 1. The van der Waals surface area contributed by atoms with Crippen molar-refractivity contribution in [3.05, 3.63) is 35.9 Å². The summed E-state index contributed by atoms with van der Waals surface area (Å²) in [7, 11) is 0. The molecule has 0 aromatic heterocycles. The molecular weight excluding hydrogens is 218 g/mol. The summed E-state index contributed by atoms with van der Waals surface area (Å²) in [4.78, 5) is 24.5. The van der Waals surface area contributed by atoms with E-state index in [1.54, 1.807) is 4.90 Å². The second-order valence-electron chi connectivity index (χ2n) is 4.43. The highest BCUT2D eigenvalue weighted by molar-refractivity contribution is 5.98. The van der Waals surface area contributed by atoms with Crippen LogP contribution in [0.1, 0.15) is 18.9 Å². The maximum absolute atomic E-state index is 11.9. The van der Waals surface area contributed by atoms with Crippen molar-refractivity contribution in [2.75, 3.05) is 0 Å². The molecule has 1 aromatic rings. The number of amides is 1. The Morgan fingerprint density at radius 1 is 1.41 bits per heavy atom. The van der Waals surface area contributed by atoms with Gasteiger partial charge in [0.05, 0.1) is 0 Å². The fourth-order valence-corrected chi connectivity index (χ4v) is 2.21. The zero-order valence-electron chi connectivity index (χ0n) is 9.67. The first kappa shape index (κ1) is 11.6. The van der Waals surface area contributed by atoms with Crippen molar-refractivity contribution in [3.63, 3.8) is 0 Å². The van der Waals surface area contributed by atoms with Gasteiger partial charge in [-0.3, -0.25) is 9.59 Å². The molecule has 1 fully saturated rings. The Morgan fingerprint density at radius 2 is 2.06 bits per heavy atom. The molecule has 1 saturated heterocycles. The highest BCUT2D eigenvalue weighted by Gasteiger charge is 2.41. The summed E-state index contributed by atoms with van der Waals surface area (Å²) in [6.07, 6.45) is 0.404. The molecule has 2 atom stereocenters. The van der Waals surface area contributed by atoms with E-state index in [1.807, 2.05) is 37.3 Å². The molecule has 2 rings (SSSR count). The number of benzene rings is 1. The maximum atomic E-state index is 11.9. The maximum Gasteiger partial charge on any atom is 0.316 e. The molecule has 1 aromatic carbocycles. The minimum atomic E-state index is -1.02. The molecule has 90 valence electrons. The summed E-state index contributed by atoms with van der Waals surface area (Å²) in [5.41, 5.74) is 1.03. The van der Waals surface area contributed by atoms with Crippen molar-refractivity contribution in [1.29, 1.82) is 0 Å². The Hall–Kier alpha value is -1.84. The van der Waals surface area contributed by atoms with Gasteiger partial charge in [0.1, 0.15) is 5.92 Å². The van der Waals surface area contributed by atoms with Gasteiger partial charge in [-0.2, -0.15) is 0 Å². The van der Waals surface area contributed by atoms with Gasteiger partial charge < -0.3 is 10.0 Å². The molecule has 0 saturated carbocycles. The SMILES string of the molecule is C[C@H]1C[C@@H](C(=O)O)C(=O)N1Cc1ccccc1. The third kappa shape index (κ3) is 2.30. The first-order chi connectivity index (χ1) is 8.09. The Labute approximate surface area is 99.9 Å². The summed E-state index contributed by atoms with van der Waals surface area (Å²) < 4.78 is 0. The van der Waals surface area contributed by atoms with Gasteiger partial charge in [-0.05, 0) is 18.9 Å². The second kappa shape index (κ2) is 4.57. The molecule has 4 heteroatoms. The molecule has 0 aliphatic carbocycles. The number of carbonyl (C=O) groups excluding carboxylic acids is 1. The van der Waals surface area contributed by atoms with Crippen LogP contribution in [0, 0.1) is 5.92 Å². The molecule has 0 spiro atoms. The predicted octanol–water partition coefficient (Wildman–Crippen LogP) is 1.51. The van der Waals surface area contributed by atoms with E-state index < -0.39 is 11.9 Å². The lowest BCUT2D eigenvalue weighted by Gasteiger charge is -2.21. The van der Waals surface area contributed by atoms with E-state index >= 15 is 0 Å². The molecule has 17 heavy (non-hydrogen) atoms. The topological polar surface area (TPSA) is 57.6 Å². The quantitative estimate of drug-likeness (QED) is 0.805. The number of likely N-dealkylation sites (tertiary alicyclic amines) is 1. The first-order valence-electron chi connectivity index (χ1n) is 5.67. The highest BCUT2D eigenvalue weighted by atomic mass is 16.4. The summed E-state index contributed by atoms with van der Waals surface area (Å²) in [6.45, 7) is 2.38. The van der Waals surface area contributed by atoms with Crippen LogP contribution in [-0.4, -0.2) is 27.9 Å². The highest BCUT2D eigenvalue weighted by Crippen LogP contribution is 2.26. The lowest BCUT2D eigenvalue weighted by molar-refractivity contribution is -0.147. The molecule has 0 bridgehead atoms. The zero-order chi connectivity index (χ0) is 12.4. The molecular formula is C13H15NO3. The fraction of sp³-hybridized carbons (Fsp3) is 0.385. The summed E-state index contributed by atoms with van der Waals surface area (Å²) >= 11 is 0. The normalized spacial score (nSPS) is 24.1. The summed E-state index contributed by atoms with van der Waals surface area (Å²) in [5, 5.41) is 8.94. The minimum absolute atomic E-state index is 0.0104. The van der Waals surface area contributed by atoms with Gasteiger partial charge in [-0.25, -0.2) is 0 Å². The number of rotatable bonds is 3. The Balaban J connectivity index is 2.12. The predicted molar refractivity (Wildman–Crippen MR) is 62.2 cm³/mol. The van der Waals surface area contributed by atoms with E-state index in [0.717, 1.165) is 5.56 Å². The Kier molecular flexibility index (Phi) is 3.13. The summed E-state index contributed by atoms with van der Waals surface area (Å²) in [5.74, 6) is -2.15. The van der Waals surface area contributed by atoms with E-state index in [4.69, 9.17) is 5.11 Å². The zero-order valence-corrected chi connectivity index (χ0v) is 9.67. The Morgan fingerprint density at radius 3 is 2.59 bits per heavy atom. The average molecular weight is 233 g/mol. The second-order valence-corrected chi connectivity index (χ2v) is 4.43. The van der Waals surface area contributed by atoms with Gasteiger partial charge in [0.15, 0.2) is 0 Å². The Bertz CT molecular complexity index is 430. The van der Waals surface area contributed by atoms with Crippen molar-refractivity contribution in [3.8, 4) is 0 Å². The van der Waals surface area contributed by atoms with Crippen molar-refractivity contribution >= 4 is 11.9 Å². The largest absolute Gasteiger partial charge is 0.481 e. The number of nitrogens with zero attached hydrogens (tertiary/aromatic N) is 1. The van der Waals surface area contributed by atoms with Gasteiger partial charge in [-0.1, -0.05) is 30.3 Å². The van der Waals surface area contributed by atoms with Crippen LogP contribution >= 0.6 is 0 Å². The lowest BCUT2D eigenvalue weighted by Crippen LogP contribution is -2.33. The minimum Gasteiger partial charge on any atom is -0.481 e. The fourth-order valence-electron chi connectivity index (χ4n) is 2.21. The number of hydrogen-bond acceptors (Lipinski definition) is 2. The molecule has 1 N–H and O–H groups in total. The molecule has 0 unspecified atom stereocenters. The van der Waals surface area contributed by atoms with Crippen molar-refractivity contribution in [1.82, 2.24) is 4.90 Å². The van der Waals surface area contributed by atoms with Crippen LogP contribution in [-0.2, 0) is 16.1 Å². The van der Waals surface area contributed by atoms with E-state index in [1.165, 1.54) is 0 Å². The average Bonchev–Trinajstić information content (AvgIpc) is 2.58. The van der Waals surface area contributed by atoms with Gasteiger partial charge >= 0.3 is 5.97 Å². The van der Waals surface area contributed by atoms with Crippen LogP contribution in [0.15, 0.2) is 30.3 Å². The third-order valence-corrected chi connectivity index (χ3v) is 3.18. The number of carboxylic acid groups (broad SMARTS) is 1. The van der Waals surface area contributed by atoms with Gasteiger partial charge in [0, 0.05) is 12.6 Å². The smallest absolute Gasteiger partial charge is 0.316 e. The number of carbonyl (C=O) groups is 2. The molecule has 1 aliphatic rings. The van der Waals surface area contributed by atoms with Crippen molar-refractivity contribution < 1.29 is 14.7 Å². The van der Waals surface area contributed by atoms with Crippen LogP contribution in [0.4, 0.5) is 0 Å². The lowest BCUT2D eigenvalue weighted by atomic mass is 10.1. The van der Waals surface area contributed by atoms with E-state index in [2.05, 4.69) is 0 Å². The van der Waals surface area contributed by atoms with E-state index in [-0.39, 0.29) is 11.9 Å². The van der Waals surface area contributed by atoms with E-state index in [0.29, 0.717) is 13.0 Å². The van der Waals surface area contributed by atoms with Crippen LogP contribution in [0.5, 0.6) is 0 Å². The van der Waals surface area contributed by atoms with Crippen molar-refractivity contribution in [2.45, 2.75) is 25.9 Å². The van der Waals surface area contributed by atoms with E-state index in [9.17, 15) is 9.59 Å². The van der Waals surface area contributed by atoms with Crippen LogP contribution < -0.4 is 0 Å². The molecule has 4 nitrogen and oxygen atoms in total. The van der Waals surface area contributed by atoms with Crippen LogP contribution in [0.25, 0.3) is 0 Å². The molecule has 1 amide bonds. The van der Waals surface area contributed by atoms with Crippen molar-refractivity contribution in [2.24, 2.45) is 5.92 Å². The van der Waals surface area contributed by atoms with Crippen LogP contribution in [0.3, 0.4) is 0 Å².